The van der Waals surface area contributed by atoms with Gasteiger partial charge in [0.2, 0.25) is 0 Å². The van der Waals surface area contributed by atoms with Crippen LogP contribution in [0.15, 0.2) is 41.1 Å². The number of hydrogen-bond acceptors (Lipinski definition) is 8. The quantitative estimate of drug-likeness (QED) is 0.350. The Morgan fingerprint density at radius 3 is 2.42 bits per heavy atom. The van der Waals surface area contributed by atoms with Crippen LogP contribution in [-0.2, 0) is 9.53 Å². The Bertz CT molecular complexity index is 657. The van der Waals surface area contributed by atoms with E-state index in [1.54, 1.807) is 31.2 Å². The van der Waals surface area contributed by atoms with Crippen molar-refractivity contribution in [3.8, 4) is 17.2 Å². The zero-order valence-corrected chi connectivity index (χ0v) is 15.6. The molecule has 142 valence electrons. The predicted octanol–water partition coefficient (Wildman–Crippen LogP) is 2.06. The van der Waals surface area contributed by atoms with Gasteiger partial charge in [-0.05, 0) is 42.6 Å². The fourth-order valence-corrected chi connectivity index (χ4v) is 2.50. The van der Waals surface area contributed by atoms with Gasteiger partial charge < -0.3 is 24.1 Å². The van der Waals surface area contributed by atoms with Crippen molar-refractivity contribution < 1.29 is 28.8 Å². The third kappa shape index (κ3) is 7.30. The molecule has 26 heavy (non-hydrogen) atoms. The lowest BCUT2D eigenvalue weighted by atomic mass is 10.3. The van der Waals surface area contributed by atoms with Crippen molar-refractivity contribution in [1.29, 1.82) is 0 Å². The van der Waals surface area contributed by atoms with Crippen molar-refractivity contribution in [2.75, 3.05) is 33.5 Å². The maximum absolute atomic E-state index is 11.0. The Morgan fingerprint density at radius 1 is 1.12 bits per heavy atom. The van der Waals surface area contributed by atoms with Crippen molar-refractivity contribution >= 4 is 17.3 Å². The normalized spacial score (nSPS) is 12.9. The smallest absolute Gasteiger partial charge is 0.343 e. The molecule has 1 aromatic carbocycles. The summed E-state index contributed by atoms with van der Waals surface area (Å²) in [4.78, 5) is 11.0. The van der Waals surface area contributed by atoms with E-state index in [2.05, 4.69) is 10.1 Å². The van der Waals surface area contributed by atoms with E-state index in [1.165, 1.54) is 18.4 Å². The standard InChI is InChI=1S/C18H23NO6S/c1-18(21,13-25-16-7-10-26-12-16)19-8-9-23-14-3-5-15(6-4-14)24-11-17(20)22-2/h3-7,10,12,19,21H,8-9,11,13H2,1-2H3. The molecule has 0 spiro atoms. The molecule has 1 aromatic heterocycles. The van der Waals surface area contributed by atoms with E-state index >= 15 is 0 Å². The first-order chi connectivity index (χ1) is 12.5. The molecular weight excluding hydrogens is 358 g/mol. The number of hydrogen-bond donors (Lipinski definition) is 2. The summed E-state index contributed by atoms with van der Waals surface area (Å²) in [5, 5.41) is 17.0. The fourth-order valence-electron chi connectivity index (χ4n) is 1.93. The third-order valence-corrected chi connectivity index (χ3v) is 3.96. The largest absolute Gasteiger partial charge is 0.492 e. The Hall–Kier alpha value is -2.29. The average Bonchev–Trinajstić information content (AvgIpc) is 3.16. The van der Waals surface area contributed by atoms with Gasteiger partial charge >= 0.3 is 5.97 Å². The molecule has 1 atom stereocenters. The molecule has 2 aromatic rings. The summed E-state index contributed by atoms with van der Waals surface area (Å²) in [6.07, 6.45) is 0. The van der Waals surface area contributed by atoms with Crippen LogP contribution in [-0.4, -0.2) is 50.3 Å². The van der Waals surface area contributed by atoms with Crippen LogP contribution < -0.4 is 19.5 Å². The predicted molar refractivity (Wildman–Crippen MR) is 97.9 cm³/mol. The van der Waals surface area contributed by atoms with Crippen LogP contribution >= 0.6 is 11.3 Å². The van der Waals surface area contributed by atoms with Gasteiger partial charge in [0.1, 0.15) is 36.2 Å². The second-order valence-electron chi connectivity index (χ2n) is 5.63. The van der Waals surface area contributed by atoms with Gasteiger partial charge in [0.15, 0.2) is 6.61 Å². The summed E-state index contributed by atoms with van der Waals surface area (Å²) in [5.74, 6) is 1.51. The van der Waals surface area contributed by atoms with Gasteiger partial charge in [-0.25, -0.2) is 4.79 Å². The first kappa shape index (κ1) is 20.0. The average molecular weight is 381 g/mol. The number of ether oxygens (including phenoxy) is 4. The van der Waals surface area contributed by atoms with E-state index in [4.69, 9.17) is 14.2 Å². The number of benzene rings is 1. The Labute approximate surface area is 156 Å². The summed E-state index contributed by atoms with van der Waals surface area (Å²) in [6.45, 7) is 2.46. The van der Waals surface area contributed by atoms with E-state index in [-0.39, 0.29) is 13.2 Å². The lowest BCUT2D eigenvalue weighted by Crippen LogP contribution is -2.48. The first-order valence-corrected chi connectivity index (χ1v) is 8.98. The molecule has 0 aliphatic carbocycles. The number of carbonyl (C=O) groups excluding carboxylic acids is 1. The summed E-state index contributed by atoms with van der Waals surface area (Å²) in [6, 6.07) is 8.74. The molecule has 1 heterocycles. The van der Waals surface area contributed by atoms with Gasteiger partial charge in [0.25, 0.3) is 0 Å². The molecule has 8 heteroatoms. The maximum Gasteiger partial charge on any atom is 0.343 e. The number of methoxy groups -OCH3 is 1. The molecule has 2 rings (SSSR count). The number of nitrogens with one attached hydrogen (secondary N) is 1. The van der Waals surface area contributed by atoms with Crippen molar-refractivity contribution in [3.63, 3.8) is 0 Å². The van der Waals surface area contributed by atoms with Crippen LogP contribution in [0.1, 0.15) is 6.92 Å². The van der Waals surface area contributed by atoms with E-state index in [0.717, 1.165) is 5.75 Å². The second-order valence-corrected chi connectivity index (χ2v) is 6.41. The summed E-state index contributed by atoms with van der Waals surface area (Å²) in [5.41, 5.74) is -1.16. The van der Waals surface area contributed by atoms with Crippen LogP contribution in [0, 0.1) is 0 Å². The van der Waals surface area contributed by atoms with Crippen molar-refractivity contribution in [3.05, 3.63) is 41.1 Å². The van der Waals surface area contributed by atoms with Crippen LogP contribution in [0.4, 0.5) is 0 Å². The Kier molecular flexibility index (Phi) is 7.71. The zero-order chi connectivity index (χ0) is 18.8. The molecule has 0 amide bonds. The van der Waals surface area contributed by atoms with E-state index < -0.39 is 11.7 Å². The lowest BCUT2D eigenvalue weighted by molar-refractivity contribution is -0.142. The van der Waals surface area contributed by atoms with Crippen LogP contribution in [0.3, 0.4) is 0 Å². The molecule has 1 unspecified atom stereocenters. The summed E-state index contributed by atoms with van der Waals surface area (Å²) >= 11 is 1.54. The second kappa shape index (κ2) is 10.0. The van der Waals surface area contributed by atoms with E-state index in [0.29, 0.717) is 24.7 Å². The van der Waals surface area contributed by atoms with Gasteiger partial charge in [0.05, 0.1) is 7.11 Å². The summed E-state index contributed by atoms with van der Waals surface area (Å²) in [7, 11) is 1.31. The van der Waals surface area contributed by atoms with E-state index in [9.17, 15) is 9.90 Å². The molecule has 0 fully saturated rings. The minimum Gasteiger partial charge on any atom is -0.492 e. The third-order valence-electron chi connectivity index (χ3n) is 3.30. The molecule has 0 saturated heterocycles. The SMILES string of the molecule is COC(=O)COc1ccc(OCCNC(C)(O)COc2ccsc2)cc1. The fraction of sp³-hybridized carbons (Fsp3) is 0.389. The molecule has 0 saturated carbocycles. The van der Waals surface area contributed by atoms with Crippen LogP contribution in [0.2, 0.25) is 0 Å². The van der Waals surface area contributed by atoms with Gasteiger partial charge in [-0.3, -0.25) is 5.32 Å². The number of thiophene rings is 1. The monoisotopic (exact) mass is 381 g/mol. The molecule has 0 aliphatic heterocycles. The van der Waals surface area contributed by atoms with Gasteiger partial charge in [-0.1, -0.05) is 0 Å². The number of esters is 1. The van der Waals surface area contributed by atoms with Crippen molar-refractivity contribution in [2.24, 2.45) is 0 Å². The molecule has 2 N–H and O–H groups in total. The van der Waals surface area contributed by atoms with Crippen LogP contribution in [0.5, 0.6) is 17.2 Å². The van der Waals surface area contributed by atoms with Crippen molar-refractivity contribution in [2.45, 2.75) is 12.6 Å². The highest BCUT2D eigenvalue weighted by atomic mass is 32.1. The summed E-state index contributed by atoms with van der Waals surface area (Å²) < 4.78 is 20.8. The Morgan fingerprint density at radius 2 is 1.81 bits per heavy atom. The highest BCUT2D eigenvalue weighted by molar-refractivity contribution is 7.08. The van der Waals surface area contributed by atoms with E-state index in [1.807, 2.05) is 16.8 Å². The van der Waals surface area contributed by atoms with Crippen LogP contribution in [0.25, 0.3) is 0 Å². The zero-order valence-electron chi connectivity index (χ0n) is 14.8. The topological polar surface area (TPSA) is 86.3 Å². The molecule has 0 bridgehead atoms. The minimum atomic E-state index is -1.16. The molecule has 0 radical (unpaired) electrons. The van der Waals surface area contributed by atoms with Gasteiger partial charge in [-0.15, -0.1) is 11.3 Å². The Balaban J connectivity index is 1.64. The minimum absolute atomic E-state index is 0.135. The molecular formula is C18H23NO6S. The van der Waals surface area contributed by atoms with Gasteiger partial charge in [-0.2, -0.15) is 0 Å². The van der Waals surface area contributed by atoms with Gasteiger partial charge in [0, 0.05) is 11.9 Å². The highest BCUT2D eigenvalue weighted by Gasteiger charge is 2.20. The lowest BCUT2D eigenvalue weighted by Gasteiger charge is -2.24. The highest BCUT2D eigenvalue weighted by Crippen LogP contribution is 2.18. The van der Waals surface area contributed by atoms with Crippen molar-refractivity contribution in [1.82, 2.24) is 5.32 Å². The number of rotatable bonds is 11. The number of aliphatic hydroxyl groups is 1. The maximum atomic E-state index is 11.0. The first-order valence-electron chi connectivity index (χ1n) is 8.03. The molecule has 7 nitrogen and oxygen atoms in total. The number of carbonyl (C=O) groups is 1. The molecule has 0 aliphatic rings.